The number of carbonyl (C=O) groups excluding carboxylic acids is 2. The largest absolute Gasteiger partial charge is 0.340 e. The molecule has 1 atom stereocenters. The number of hydrogen-bond donors (Lipinski definition) is 2. The molecule has 2 aliphatic rings. The first-order valence-corrected chi connectivity index (χ1v) is 12.5. The first kappa shape index (κ1) is 24.5. The molecule has 0 spiro atoms. The van der Waals surface area contributed by atoms with Gasteiger partial charge < -0.3 is 20.4 Å². The van der Waals surface area contributed by atoms with Gasteiger partial charge in [-0.1, -0.05) is 48.9 Å². The maximum absolute atomic E-state index is 13.5. The Kier molecular flexibility index (Phi) is 8.43. The summed E-state index contributed by atoms with van der Waals surface area (Å²) in [4.78, 5) is 33.3. The zero-order valence-electron chi connectivity index (χ0n) is 19.8. The summed E-state index contributed by atoms with van der Waals surface area (Å²) in [5.41, 5.74) is 1.39. The normalized spacial score (nSPS) is 18.9. The number of carbonyl (C=O) groups is 2. The quantitative estimate of drug-likeness (QED) is 0.655. The van der Waals surface area contributed by atoms with Crippen LogP contribution in [0.25, 0.3) is 0 Å². The monoisotopic (exact) mass is 483 g/mol. The molecule has 4 rings (SSSR count). The third kappa shape index (κ3) is 6.29. The Labute approximate surface area is 207 Å². The van der Waals surface area contributed by atoms with Gasteiger partial charge in [-0.25, -0.2) is 4.79 Å². The second kappa shape index (κ2) is 11.7. The summed E-state index contributed by atoms with van der Waals surface area (Å²) < 4.78 is 0. The highest BCUT2D eigenvalue weighted by molar-refractivity contribution is 6.30. The summed E-state index contributed by atoms with van der Waals surface area (Å²) in [5.74, 6) is -0.0632. The molecule has 2 aromatic rings. The minimum absolute atomic E-state index is 0.0632. The molecule has 0 saturated carbocycles. The van der Waals surface area contributed by atoms with Crippen molar-refractivity contribution in [3.05, 3.63) is 65.2 Å². The SMILES string of the molecule is CCN1CCN(C2CCN(C(=O)[C@H](NC(=O)Nc3ccc(Cl)cc3)c3ccccc3)CC2)CC1. The number of likely N-dealkylation sites (tertiary alicyclic amines) is 1. The number of halogens is 1. The van der Waals surface area contributed by atoms with Gasteiger partial charge in [0.25, 0.3) is 0 Å². The summed E-state index contributed by atoms with van der Waals surface area (Å²) in [7, 11) is 0. The Morgan fingerprint density at radius 3 is 2.21 bits per heavy atom. The number of likely N-dealkylation sites (N-methyl/N-ethyl adjacent to an activating group) is 1. The maximum atomic E-state index is 13.5. The van der Waals surface area contributed by atoms with Crippen LogP contribution in [-0.2, 0) is 4.79 Å². The van der Waals surface area contributed by atoms with E-state index in [-0.39, 0.29) is 5.91 Å². The second-order valence-electron chi connectivity index (χ2n) is 8.98. The molecule has 0 aliphatic carbocycles. The van der Waals surface area contributed by atoms with Gasteiger partial charge in [-0.3, -0.25) is 9.69 Å². The third-order valence-electron chi connectivity index (χ3n) is 6.90. The molecule has 0 radical (unpaired) electrons. The summed E-state index contributed by atoms with van der Waals surface area (Å²) in [6, 6.07) is 15.7. The predicted octanol–water partition coefficient (Wildman–Crippen LogP) is 3.83. The highest BCUT2D eigenvalue weighted by Crippen LogP contribution is 2.23. The number of benzene rings is 2. The lowest BCUT2D eigenvalue weighted by Crippen LogP contribution is -2.54. The maximum Gasteiger partial charge on any atom is 0.320 e. The van der Waals surface area contributed by atoms with Crippen LogP contribution in [0.3, 0.4) is 0 Å². The van der Waals surface area contributed by atoms with Crippen molar-refractivity contribution in [2.75, 3.05) is 51.1 Å². The van der Waals surface area contributed by atoms with Crippen LogP contribution < -0.4 is 10.6 Å². The van der Waals surface area contributed by atoms with E-state index >= 15 is 0 Å². The Balaban J connectivity index is 1.37. The average molecular weight is 484 g/mol. The number of urea groups is 1. The average Bonchev–Trinajstić information content (AvgIpc) is 2.89. The highest BCUT2D eigenvalue weighted by Gasteiger charge is 2.33. The zero-order chi connectivity index (χ0) is 23.9. The number of anilines is 1. The van der Waals surface area contributed by atoms with Crippen LogP contribution in [0.15, 0.2) is 54.6 Å². The number of amides is 3. The van der Waals surface area contributed by atoms with Gasteiger partial charge in [-0.05, 0) is 49.2 Å². The van der Waals surface area contributed by atoms with Crippen molar-refractivity contribution < 1.29 is 9.59 Å². The van der Waals surface area contributed by atoms with Crippen molar-refractivity contribution in [3.63, 3.8) is 0 Å². The van der Waals surface area contributed by atoms with Crippen molar-refractivity contribution in [3.8, 4) is 0 Å². The molecule has 2 heterocycles. The van der Waals surface area contributed by atoms with E-state index in [2.05, 4.69) is 27.4 Å². The molecule has 2 aliphatic heterocycles. The van der Waals surface area contributed by atoms with Crippen molar-refractivity contribution in [2.45, 2.75) is 31.8 Å². The number of nitrogens with one attached hydrogen (secondary N) is 2. The molecule has 8 heteroatoms. The lowest BCUT2D eigenvalue weighted by atomic mass is 9.99. The summed E-state index contributed by atoms with van der Waals surface area (Å²) in [5, 5.41) is 6.28. The van der Waals surface area contributed by atoms with Crippen molar-refractivity contribution in [1.82, 2.24) is 20.0 Å². The molecule has 182 valence electrons. The summed E-state index contributed by atoms with van der Waals surface area (Å²) >= 11 is 5.93. The predicted molar refractivity (Wildman–Crippen MR) is 136 cm³/mol. The van der Waals surface area contributed by atoms with E-state index < -0.39 is 12.1 Å². The molecular weight excluding hydrogens is 450 g/mol. The molecule has 7 nitrogen and oxygen atoms in total. The minimum atomic E-state index is -0.738. The van der Waals surface area contributed by atoms with Crippen molar-refractivity contribution >= 4 is 29.2 Å². The number of hydrogen-bond acceptors (Lipinski definition) is 4. The van der Waals surface area contributed by atoms with Gasteiger partial charge in [0.2, 0.25) is 5.91 Å². The van der Waals surface area contributed by atoms with E-state index in [9.17, 15) is 9.59 Å². The first-order chi connectivity index (χ1) is 16.5. The molecule has 0 unspecified atom stereocenters. The summed E-state index contributed by atoms with van der Waals surface area (Å²) in [6.07, 6.45) is 1.94. The molecule has 0 aromatic heterocycles. The fraction of sp³-hybridized carbons (Fsp3) is 0.462. The number of piperidine rings is 1. The van der Waals surface area contributed by atoms with Gasteiger partial charge in [0.05, 0.1) is 0 Å². The smallest absolute Gasteiger partial charge is 0.320 e. The lowest BCUT2D eigenvalue weighted by Gasteiger charge is -2.43. The fourth-order valence-electron chi connectivity index (χ4n) is 4.84. The van der Waals surface area contributed by atoms with Gasteiger partial charge >= 0.3 is 6.03 Å². The molecule has 2 aromatic carbocycles. The van der Waals surface area contributed by atoms with Gasteiger partial charge in [0, 0.05) is 56.0 Å². The first-order valence-electron chi connectivity index (χ1n) is 12.2. The minimum Gasteiger partial charge on any atom is -0.340 e. The zero-order valence-corrected chi connectivity index (χ0v) is 20.5. The van der Waals surface area contributed by atoms with Crippen LogP contribution in [0, 0.1) is 0 Å². The van der Waals surface area contributed by atoms with Crippen LogP contribution in [0.5, 0.6) is 0 Å². The number of piperazine rings is 1. The van der Waals surface area contributed by atoms with E-state index in [0.29, 0.717) is 29.8 Å². The van der Waals surface area contributed by atoms with Crippen LogP contribution in [0.4, 0.5) is 10.5 Å². The molecule has 34 heavy (non-hydrogen) atoms. The Hall–Kier alpha value is -2.61. The van der Waals surface area contributed by atoms with E-state index in [0.717, 1.165) is 51.1 Å². The van der Waals surface area contributed by atoms with Crippen LogP contribution in [0.2, 0.25) is 5.02 Å². The Morgan fingerprint density at radius 1 is 0.941 bits per heavy atom. The van der Waals surface area contributed by atoms with Crippen LogP contribution >= 0.6 is 11.6 Å². The van der Waals surface area contributed by atoms with Crippen LogP contribution in [-0.4, -0.2) is 78.5 Å². The number of nitrogens with zero attached hydrogens (tertiary/aromatic N) is 3. The lowest BCUT2D eigenvalue weighted by molar-refractivity contribution is -0.135. The molecule has 2 fully saturated rings. The van der Waals surface area contributed by atoms with Gasteiger partial charge in [-0.15, -0.1) is 0 Å². The molecule has 0 bridgehead atoms. The van der Waals surface area contributed by atoms with E-state index in [1.165, 1.54) is 0 Å². The third-order valence-corrected chi connectivity index (χ3v) is 7.16. The molecule has 2 N–H and O–H groups in total. The Bertz CT molecular complexity index is 939. The van der Waals surface area contributed by atoms with Gasteiger partial charge in [-0.2, -0.15) is 0 Å². The Morgan fingerprint density at radius 2 is 1.59 bits per heavy atom. The van der Waals surface area contributed by atoms with Gasteiger partial charge in [0.1, 0.15) is 6.04 Å². The van der Waals surface area contributed by atoms with E-state index in [4.69, 9.17) is 11.6 Å². The second-order valence-corrected chi connectivity index (χ2v) is 9.41. The summed E-state index contributed by atoms with van der Waals surface area (Å²) in [6.45, 7) is 9.20. The topological polar surface area (TPSA) is 67.9 Å². The van der Waals surface area contributed by atoms with E-state index in [1.807, 2.05) is 35.2 Å². The van der Waals surface area contributed by atoms with Crippen molar-refractivity contribution in [1.29, 1.82) is 0 Å². The molecule has 3 amide bonds. The number of rotatable bonds is 6. The van der Waals surface area contributed by atoms with E-state index in [1.54, 1.807) is 24.3 Å². The van der Waals surface area contributed by atoms with Gasteiger partial charge in [0.15, 0.2) is 0 Å². The molecular formula is C26H34ClN5O2. The van der Waals surface area contributed by atoms with Crippen LogP contribution in [0.1, 0.15) is 31.4 Å². The fourth-order valence-corrected chi connectivity index (χ4v) is 4.97. The highest BCUT2D eigenvalue weighted by atomic mass is 35.5. The standard InChI is InChI=1S/C26H34ClN5O2/c1-2-30-16-18-31(19-17-30)23-12-14-32(15-13-23)25(33)24(20-6-4-3-5-7-20)29-26(34)28-22-10-8-21(27)9-11-22/h3-11,23-24H,2,12-19H2,1H3,(H2,28,29,34)/t24-/m1/s1. The molecule has 2 saturated heterocycles. The van der Waals surface area contributed by atoms with Crippen molar-refractivity contribution in [2.24, 2.45) is 0 Å².